The first-order valence-corrected chi connectivity index (χ1v) is 11.5. The summed E-state index contributed by atoms with van der Waals surface area (Å²) >= 11 is 0. The number of aromatic nitrogens is 6. The third-order valence-corrected chi connectivity index (χ3v) is 6.52. The Labute approximate surface area is 185 Å². The van der Waals surface area contributed by atoms with Gasteiger partial charge >= 0.3 is 0 Å². The number of aromatic amines is 1. The molecule has 0 spiro atoms. The van der Waals surface area contributed by atoms with E-state index in [1.54, 1.807) is 6.33 Å². The number of Topliss-reactive ketones (excluding diaryl/α,β-unsaturated/α-hetero) is 1. The van der Waals surface area contributed by atoms with Crippen molar-refractivity contribution < 1.29 is 4.79 Å². The molecule has 0 bridgehead atoms. The molecule has 9 heteroatoms. The Balaban J connectivity index is 1.38. The number of imidazole rings is 2. The fourth-order valence-corrected chi connectivity index (χ4v) is 4.83. The number of H-pyrrole nitrogens is 1. The lowest BCUT2D eigenvalue weighted by atomic mass is 9.94. The van der Waals surface area contributed by atoms with Crippen LogP contribution in [0.2, 0.25) is 0 Å². The number of fused-ring (bicyclic) bond motifs is 2. The Hall–Kier alpha value is -3.49. The number of carbonyl (C=O) groups is 1. The summed E-state index contributed by atoms with van der Waals surface area (Å²) in [5.41, 5.74) is 3.38. The Morgan fingerprint density at radius 1 is 1.06 bits per heavy atom. The number of para-hydroxylation sites is 2. The summed E-state index contributed by atoms with van der Waals surface area (Å²) in [6, 6.07) is 7.80. The van der Waals surface area contributed by atoms with Crippen molar-refractivity contribution >= 4 is 39.7 Å². The minimum atomic E-state index is -0.182. The zero-order valence-electron chi connectivity index (χ0n) is 17.9. The van der Waals surface area contributed by atoms with E-state index in [4.69, 9.17) is 9.97 Å². The zero-order valence-corrected chi connectivity index (χ0v) is 17.9. The van der Waals surface area contributed by atoms with Crippen molar-refractivity contribution in [2.24, 2.45) is 0 Å². The quantitative estimate of drug-likeness (QED) is 0.498. The molecular formula is C23H26N8O. The van der Waals surface area contributed by atoms with Gasteiger partial charge in [0, 0.05) is 19.5 Å². The highest BCUT2D eigenvalue weighted by atomic mass is 16.1. The van der Waals surface area contributed by atoms with E-state index in [-0.39, 0.29) is 11.8 Å². The van der Waals surface area contributed by atoms with Crippen LogP contribution in [0.4, 0.5) is 11.8 Å². The normalized spacial score (nSPS) is 19.3. The molecule has 1 saturated carbocycles. The second-order valence-corrected chi connectivity index (χ2v) is 8.67. The van der Waals surface area contributed by atoms with Gasteiger partial charge in [0.1, 0.15) is 5.82 Å². The predicted octanol–water partition coefficient (Wildman–Crippen LogP) is 3.60. The van der Waals surface area contributed by atoms with E-state index >= 15 is 0 Å². The molecule has 4 aromatic rings. The molecule has 2 aliphatic rings. The molecule has 1 unspecified atom stereocenters. The maximum atomic E-state index is 12.6. The fourth-order valence-electron chi connectivity index (χ4n) is 4.83. The van der Waals surface area contributed by atoms with Gasteiger partial charge in [-0.05, 0) is 37.8 Å². The van der Waals surface area contributed by atoms with E-state index in [1.807, 2.05) is 28.8 Å². The van der Waals surface area contributed by atoms with Crippen LogP contribution >= 0.6 is 0 Å². The lowest BCUT2D eigenvalue weighted by Crippen LogP contribution is -2.24. The number of hydrogen-bond donors (Lipinski definition) is 2. The molecule has 0 radical (unpaired) electrons. The van der Waals surface area contributed by atoms with Crippen LogP contribution in [0, 0.1) is 0 Å². The fraction of sp³-hybridized carbons (Fsp3) is 0.435. The first-order valence-electron chi connectivity index (χ1n) is 11.5. The average Bonchev–Trinajstić information content (AvgIpc) is 3.57. The van der Waals surface area contributed by atoms with E-state index in [2.05, 4.69) is 25.2 Å². The molecule has 1 aliphatic carbocycles. The van der Waals surface area contributed by atoms with Gasteiger partial charge in [-0.1, -0.05) is 18.6 Å². The number of nitrogens with zero attached hydrogens (tertiary/aromatic N) is 6. The minimum Gasteiger partial charge on any atom is -0.361 e. The number of benzene rings is 1. The van der Waals surface area contributed by atoms with Gasteiger partial charge in [-0.25, -0.2) is 9.97 Å². The van der Waals surface area contributed by atoms with Crippen LogP contribution in [0.1, 0.15) is 50.4 Å². The zero-order chi connectivity index (χ0) is 21.5. The van der Waals surface area contributed by atoms with Gasteiger partial charge in [0.05, 0.1) is 29.9 Å². The molecule has 164 valence electrons. The molecule has 9 nitrogen and oxygen atoms in total. The standard InChI is InChI=1S/C23H26N8O/c32-18-10-4-3-9-17(18)31-14-25-20-21(28-23(29-22(20)31)30-11-5-6-12-30)24-13-19-26-15-7-1-2-8-16(15)27-19/h1-2,7-8,14,17H,3-6,9-13H2,(H,26,27)(H,24,28,29). The van der Waals surface area contributed by atoms with Crippen molar-refractivity contribution in [2.45, 2.75) is 51.1 Å². The van der Waals surface area contributed by atoms with Crippen LogP contribution in [-0.4, -0.2) is 48.4 Å². The Morgan fingerprint density at radius 2 is 1.94 bits per heavy atom. The predicted molar refractivity (Wildman–Crippen MR) is 123 cm³/mol. The highest BCUT2D eigenvalue weighted by Gasteiger charge is 2.27. The topological polar surface area (TPSA) is 105 Å². The van der Waals surface area contributed by atoms with Gasteiger partial charge < -0.3 is 19.8 Å². The van der Waals surface area contributed by atoms with Crippen molar-refractivity contribution in [3.8, 4) is 0 Å². The summed E-state index contributed by atoms with van der Waals surface area (Å²) in [5.74, 6) is 2.49. The van der Waals surface area contributed by atoms with Crippen molar-refractivity contribution in [1.82, 2.24) is 29.5 Å². The van der Waals surface area contributed by atoms with Crippen molar-refractivity contribution in [3.05, 3.63) is 36.4 Å². The Bertz CT molecular complexity index is 1250. The second-order valence-electron chi connectivity index (χ2n) is 8.67. The summed E-state index contributed by atoms with van der Waals surface area (Å²) in [5, 5.41) is 3.42. The molecule has 6 rings (SSSR count). The van der Waals surface area contributed by atoms with E-state index in [9.17, 15) is 4.79 Å². The lowest BCUT2D eigenvalue weighted by Gasteiger charge is -2.22. The lowest BCUT2D eigenvalue weighted by molar-refractivity contribution is -0.123. The highest BCUT2D eigenvalue weighted by molar-refractivity contribution is 5.88. The molecule has 1 atom stereocenters. The first-order chi connectivity index (χ1) is 15.8. The molecular weight excluding hydrogens is 404 g/mol. The van der Waals surface area contributed by atoms with Crippen LogP contribution < -0.4 is 10.2 Å². The van der Waals surface area contributed by atoms with Crippen molar-refractivity contribution in [3.63, 3.8) is 0 Å². The van der Waals surface area contributed by atoms with Gasteiger partial charge in [0.2, 0.25) is 5.95 Å². The number of anilines is 2. The third-order valence-electron chi connectivity index (χ3n) is 6.52. The maximum absolute atomic E-state index is 12.6. The van der Waals surface area contributed by atoms with Crippen molar-refractivity contribution in [1.29, 1.82) is 0 Å². The third kappa shape index (κ3) is 3.37. The molecule has 2 N–H and O–H groups in total. The minimum absolute atomic E-state index is 0.182. The highest BCUT2D eigenvalue weighted by Crippen LogP contribution is 2.31. The molecule has 1 aliphatic heterocycles. The number of nitrogens with one attached hydrogen (secondary N) is 2. The van der Waals surface area contributed by atoms with Crippen LogP contribution in [0.15, 0.2) is 30.6 Å². The number of ketones is 1. The monoisotopic (exact) mass is 430 g/mol. The number of hydrogen-bond acceptors (Lipinski definition) is 7. The van der Waals surface area contributed by atoms with Crippen LogP contribution in [-0.2, 0) is 11.3 Å². The van der Waals surface area contributed by atoms with Gasteiger partial charge in [0.25, 0.3) is 0 Å². The smallest absolute Gasteiger partial charge is 0.229 e. The van der Waals surface area contributed by atoms with E-state index < -0.39 is 0 Å². The number of rotatable bonds is 5. The van der Waals surface area contributed by atoms with E-state index in [0.717, 1.165) is 67.7 Å². The molecule has 1 saturated heterocycles. The number of carbonyl (C=O) groups excluding carboxylic acids is 1. The van der Waals surface area contributed by atoms with Gasteiger partial charge in [0.15, 0.2) is 22.8 Å². The maximum Gasteiger partial charge on any atom is 0.229 e. The van der Waals surface area contributed by atoms with Gasteiger partial charge in [-0.2, -0.15) is 9.97 Å². The van der Waals surface area contributed by atoms with Gasteiger partial charge in [-0.15, -0.1) is 0 Å². The van der Waals surface area contributed by atoms with Crippen LogP contribution in [0.5, 0.6) is 0 Å². The van der Waals surface area contributed by atoms with Crippen LogP contribution in [0.3, 0.4) is 0 Å². The second kappa shape index (κ2) is 7.89. The summed E-state index contributed by atoms with van der Waals surface area (Å²) in [6.45, 7) is 2.39. The Kier molecular flexibility index (Phi) is 4.74. The largest absolute Gasteiger partial charge is 0.361 e. The summed E-state index contributed by atoms with van der Waals surface area (Å²) in [4.78, 5) is 37.2. The van der Waals surface area contributed by atoms with E-state index in [1.165, 1.54) is 0 Å². The summed E-state index contributed by atoms with van der Waals surface area (Å²) in [7, 11) is 0. The first kappa shape index (κ1) is 19.2. The molecule has 3 aromatic heterocycles. The van der Waals surface area contributed by atoms with Crippen molar-refractivity contribution in [2.75, 3.05) is 23.3 Å². The SMILES string of the molecule is O=C1CCCCC1n1cnc2c(NCc3nc4ccccc4[nH]3)nc(N3CCCC3)nc21. The van der Waals surface area contributed by atoms with E-state index in [0.29, 0.717) is 30.2 Å². The molecule has 1 aromatic carbocycles. The van der Waals surface area contributed by atoms with Gasteiger partial charge in [-0.3, -0.25) is 4.79 Å². The Morgan fingerprint density at radius 3 is 2.78 bits per heavy atom. The molecule has 0 amide bonds. The molecule has 2 fully saturated rings. The summed E-state index contributed by atoms with van der Waals surface area (Å²) in [6.07, 6.45) is 7.54. The molecule has 32 heavy (non-hydrogen) atoms. The average molecular weight is 431 g/mol. The van der Waals surface area contributed by atoms with Crippen LogP contribution in [0.25, 0.3) is 22.2 Å². The molecule has 4 heterocycles. The summed E-state index contributed by atoms with van der Waals surface area (Å²) < 4.78 is 1.96.